The smallest absolute Gasteiger partial charge is 0.271 e. The van der Waals surface area contributed by atoms with Crippen LogP contribution in [0.5, 0.6) is 0 Å². The van der Waals surface area contributed by atoms with Crippen molar-refractivity contribution in [3.63, 3.8) is 0 Å². The van der Waals surface area contributed by atoms with E-state index in [1.54, 1.807) is 6.07 Å². The van der Waals surface area contributed by atoms with Crippen LogP contribution in [0.3, 0.4) is 0 Å². The third-order valence-electron chi connectivity index (χ3n) is 2.01. The quantitative estimate of drug-likeness (QED) is 0.583. The van der Waals surface area contributed by atoms with Crippen LogP contribution in [0.25, 0.3) is 4.85 Å². The lowest BCUT2D eigenvalue weighted by atomic mass is 10.2. The highest BCUT2D eigenvalue weighted by atomic mass is 15.2. The first-order valence-corrected chi connectivity index (χ1v) is 3.99. The van der Waals surface area contributed by atoms with Gasteiger partial charge in [0.15, 0.2) is 0 Å². The van der Waals surface area contributed by atoms with Gasteiger partial charge in [0.05, 0.1) is 0 Å². The molecule has 0 saturated carbocycles. The van der Waals surface area contributed by atoms with Gasteiger partial charge in [0.25, 0.3) is 5.82 Å². The van der Waals surface area contributed by atoms with Crippen molar-refractivity contribution in [1.29, 1.82) is 0 Å². The number of hydrogen-bond donors (Lipinski definition) is 0. The monoisotopic (exact) mass is 159 g/mol. The Morgan fingerprint density at radius 1 is 1.42 bits per heavy atom. The summed E-state index contributed by atoms with van der Waals surface area (Å²) in [6, 6.07) is 5.57. The van der Waals surface area contributed by atoms with Crippen LogP contribution in [0.4, 0.5) is 11.6 Å². The molecule has 0 aromatic carbocycles. The molecule has 12 heavy (non-hydrogen) atoms. The van der Waals surface area contributed by atoms with E-state index in [2.05, 4.69) is 14.7 Å². The van der Waals surface area contributed by atoms with Crippen LogP contribution < -0.4 is 4.90 Å². The topological polar surface area (TPSA) is 20.5 Å². The number of rotatable bonds is 1. The zero-order valence-corrected chi connectivity index (χ0v) is 6.70. The second-order valence-electron chi connectivity index (χ2n) is 2.81. The molecule has 1 aromatic rings. The lowest BCUT2D eigenvalue weighted by Gasteiger charge is -2.29. The number of hydrogen-bond acceptors (Lipinski definition) is 2. The molecule has 0 bridgehead atoms. The van der Waals surface area contributed by atoms with Gasteiger partial charge in [-0.25, -0.2) is 0 Å². The number of pyridine rings is 1. The Bertz CT molecular complexity index is 323. The van der Waals surface area contributed by atoms with E-state index in [0.717, 1.165) is 18.9 Å². The molecule has 0 amide bonds. The standard InChI is InChI=1S/C9H9N3/c1-10-8-4-2-5-9(11-8)12-6-3-7-12/h2,4-5H,3,6-7H2. The average Bonchev–Trinajstić information content (AvgIpc) is 2.02. The molecule has 2 heterocycles. The van der Waals surface area contributed by atoms with Crippen molar-refractivity contribution in [3.8, 4) is 0 Å². The lowest BCUT2D eigenvalue weighted by molar-refractivity contribution is 0.610. The second kappa shape index (κ2) is 2.82. The first-order valence-electron chi connectivity index (χ1n) is 3.99. The van der Waals surface area contributed by atoms with E-state index in [-0.39, 0.29) is 0 Å². The van der Waals surface area contributed by atoms with E-state index in [0.29, 0.717) is 5.82 Å². The predicted octanol–water partition coefficient (Wildman–Crippen LogP) is 1.84. The number of anilines is 1. The highest BCUT2D eigenvalue weighted by Gasteiger charge is 2.17. The molecule has 1 aliphatic rings. The zero-order chi connectivity index (χ0) is 8.39. The van der Waals surface area contributed by atoms with Crippen LogP contribution >= 0.6 is 0 Å². The van der Waals surface area contributed by atoms with Crippen molar-refractivity contribution in [2.75, 3.05) is 18.0 Å². The SMILES string of the molecule is [C-]#[N+]c1cccc(N2CCC2)n1. The number of aromatic nitrogens is 1. The van der Waals surface area contributed by atoms with Gasteiger partial charge in [-0.1, -0.05) is 12.6 Å². The molecule has 60 valence electrons. The second-order valence-corrected chi connectivity index (χ2v) is 2.81. The van der Waals surface area contributed by atoms with Crippen LogP contribution in [0.1, 0.15) is 6.42 Å². The van der Waals surface area contributed by atoms with Crippen molar-refractivity contribution in [2.45, 2.75) is 6.42 Å². The molecule has 0 unspecified atom stereocenters. The fraction of sp³-hybridized carbons (Fsp3) is 0.333. The lowest BCUT2D eigenvalue weighted by Crippen LogP contribution is -2.37. The van der Waals surface area contributed by atoms with E-state index < -0.39 is 0 Å². The van der Waals surface area contributed by atoms with Crippen LogP contribution in [-0.4, -0.2) is 18.1 Å². The van der Waals surface area contributed by atoms with Crippen molar-refractivity contribution in [1.82, 2.24) is 4.98 Å². The molecule has 1 fully saturated rings. The largest absolute Gasteiger partial charge is 0.361 e. The third kappa shape index (κ3) is 1.12. The molecule has 1 aliphatic heterocycles. The Hall–Kier alpha value is -1.56. The molecule has 3 nitrogen and oxygen atoms in total. The van der Waals surface area contributed by atoms with E-state index in [9.17, 15) is 0 Å². The third-order valence-corrected chi connectivity index (χ3v) is 2.01. The van der Waals surface area contributed by atoms with Crippen molar-refractivity contribution >= 4 is 11.6 Å². The van der Waals surface area contributed by atoms with Crippen LogP contribution in [0.15, 0.2) is 18.2 Å². The fourth-order valence-corrected chi connectivity index (χ4v) is 1.20. The van der Waals surface area contributed by atoms with Gasteiger partial charge in [-0.15, -0.1) is 4.98 Å². The summed E-state index contributed by atoms with van der Waals surface area (Å²) in [5.41, 5.74) is 0. The van der Waals surface area contributed by atoms with Crippen molar-refractivity contribution in [2.24, 2.45) is 0 Å². The van der Waals surface area contributed by atoms with Gasteiger partial charge < -0.3 is 9.74 Å². The van der Waals surface area contributed by atoms with Crippen LogP contribution in [-0.2, 0) is 0 Å². The van der Waals surface area contributed by atoms with Crippen molar-refractivity contribution < 1.29 is 0 Å². The van der Waals surface area contributed by atoms with E-state index in [4.69, 9.17) is 6.57 Å². The van der Waals surface area contributed by atoms with E-state index >= 15 is 0 Å². The van der Waals surface area contributed by atoms with Gasteiger partial charge in [0.1, 0.15) is 0 Å². The molecule has 0 N–H and O–H groups in total. The highest BCUT2D eigenvalue weighted by Crippen LogP contribution is 2.20. The van der Waals surface area contributed by atoms with Gasteiger partial charge in [0, 0.05) is 19.2 Å². The van der Waals surface area contributed by atoms with Crippen LogP contribution in [0, 0.1) is 6.57 Å². The maximum Gasteiger partial charge on any atom is 0.271 e. The van der Waals surface area contributed by atoms with E-state index in [1.807, 2.05) is 12.1 Å². The molecule has 1 aromatic heterocycles. The maximum absolute atomic E-state index is 6.80. The summed E-state index contributed by atoms with van der Waals surface area (Å²) in [5, 5.41) is 0. The normalized spacial score (nSPS) is 15.1. The van der Waals surface area contributed by atoms with Crippen LogP contribution in [0.2, 0.25) is 0 Å². The average molecular weight is 159 g/mol. The Morgan fingerprint density at radius 2 is 2.25 bits per heavy atom. The van der Waals surface area contributed by atoms with Gasteiger partial charge in [-0.3, -0.25) is 0 Å². The first kappa shape index (κ1) is 7.11. The summed E-state index contributed by atoms with van der Waals surface area (Å²) in [5.74, 6) is 1.43. The molecular formula is C9H9N3. The number of nitrogens with zero attached hydrogens (tertiary/aromatic N) is 3. The van der Waals surface area contributed by atoms with Gasteiger partial charge >= 0.3 is 0 Å². The highest BCUT2D eigenvalue weighted by molar-refractivity contribution is 5.48. The summed E-state index contributed by atoms with van der Waals surface area (Å²) in [6.07, 6.45) is 1.24. The molecule has 0 aliphatic carbocycles. The summed E-state index contributed by atoms with van der Waals surface area (Å²) in [4.78, 5) is 9.64. The first-order chi connectivity index (χ1) is 5.90. The Labute approximate surface area is 71.5 Å². The molecule has 3 heteroatoms. The minimum Gasteiger partial charge on any atom is -0.361 e. The minimum absolute atomic E-state index is 0.486. The molecule has 0 atom stereocenters. The Morgan fingerprint density at radius 3 is 2.83 bits per heavy atom. The van der Waals surface area contributed by atoms with Crippen molar-refractivity contribution in [3.05, 3.63) is 29.6 Å². The summed E-state index contributed by atoms with van der Waals surface area (Å²) >= 11 is 0. The van der Waals surface area contributed by atoms with E-state index in [1.165, 1.54) is 6.42 Å². The molecular weight excluding hydrogens is 150 g/mol. The van der Waals surface area contributed by atoms with Gasteiger partial charge in [-0.05, 0) is 12.5 Å². The van der Waals surface area contributed by atoms with Gasteiger partial charge in [-0.2, -0.15) is 0 Å². The zero-order valence-electron chi connectivity index (χ0n) is 6.70. The maximum atomic E-state index is 6.80. The Kier molecular flexibility index (Phi) is 1.67. The molecule has 2 rings (SSSR count). The summed E-state index contributed by atoms with van der Waals surface area (Å²) in [7, 11) is 0. The molecule has 1 saturated heterocycles. The minimum atomic E-state index is 0.486. The predicted molar refractivity (Wildman–Crippen MR) is 47.3 cm³/mol. The molecule has 0 radical (unpaired) electrons. The fourth-order valence-electron chi connectivity index (χ4n) is 1.20. The Balaban J connectivity index is 2.27. The van der Waals surface area contributed by atoms with Gasteiger partial charge in [0.2, 0.25) is 5.82 Å². The summed E-state index contributed by atoms with van der Waals surface area (Å²) < 4.78 is 0. The summed E-state index contributed by atoms with van der Waals surface area (Å²) in [6.45, 7) is 8.96. The molecule has 0 spiro atoms.